The number of nitrogens with one attached hydrogen (secondary N) is 2. The number of hydrogen-bond acceptors (Lipinski definition) is 7. The SMILES string of the molecule is CCCCCCCCCCCCOc1cc(NC(=S)Nc2cc(OCCCCCCCCCCCC)c(OCCCCCCCCCCCC)c(OCCCCCCCCCCCC)c2)cc(OCCCCCCCCCCCC)c1OCCCCCCCCCCCC. The van der Waals surface area contributed by atoms with Crippen LogP contribution in [0.25, 0.3) is 0 Å². The molecule has 2 rings (SSSR count). The Hall–Kier alpha value is -3.07. The fraction of sp³-hybridized carbons (Fsp3) is 0.847. The Kier molecular flexibility index (Phi) is 63.4. The first-order chi connectivity index (χ1) is 46.5. The Labute approximate surface area is 589 Å². The van der Waals surface area contributed by atoms with Crippen molar-refractivity contribution in [1.82, 2.24) is 0 Å². The highest BCUT2D eigenvalue weighted by atomic mass is 32.1. The van der Waals surface area contributed by atoms with E-state index >= 15 is 0 Å². The Morgan fingerprint density at radius 3 is 0.511 bits per heavy atom. The molecule has 0 saturated carbocycles. The van der Waals surface area contributed by atoms with Crippen LogP contribution in [0, 0.1) is 0 Å². The molecule has 0 unspecified atom stereocenters. The van der Waals surface area contributed by atoms with E-state index in [1.54, 1.807) is 0 Å². The van der Waals surface area contributed by atoms with Gasteiger partial charge in [-0.25, -0.2) is 0 Å². The van der Waals surface area contributed by atoms with Gasteiger partial charge in [0.1, 0.15) is 0 Å². The topological polar surface area (TPSA) is 79.4 Å². The second kappa shape index (κ2) is 68.5. The Morgan fingerprint density at radius 1 is 0.213 bits per heavy atom. The van der Waals surface area contributed by atoms with Crippen LogP contribution in [0.15, 0.2) is 24.3 Å². The van der Waals surface area contributed by atoms with Crippen LogP contribution in [-0.4, -0.2) is 44.8 Å². The van der Waals surface area contributed by atoms with Gasteiger partial charge in [-0.2, -0.15) is 0 Å². The molecule has 0 heterocycles. The first-order valence-electron chi connectivity index (χ1n) is 41.7. The van der Waals surface area contributed by atoms with E-state index in [1.807, 2.05) is 0 Å². The lowest BCUT2D eigenvalue weighted by Crippen LogP contribution is -2.19. The molecule has 0 aliphatic heterocycles. The maximum atomic E-state index is 6.80. The van der Waals surface area contributed by atoms with E-state index in [9.17, 15) is 0 Å². The molecule has 0 radical (unpaired) electrons. The van der Waals surface area contributed by atoms with Crippen LogP contribution in [0.4, 0.5) is 11.4 Å². The molecular weight excluding hydrogens is 1180 g/mol. The van der Waals surface area contributed by atoms with Gasteiger partial charge in [0.2, 0.25) is 11.5 Å². The van der Waals surface area contributed by atoms with Gasteiger partial charge in [0.05, 0.1) is 39.6 Å². The van der Waals surface area contributed by atoms with E-state index in [-0.39, 0.29) is 0 Å². The molecule has 0 spiro atoms. The average Bonchev–Trinajstić information content (AvgIpc) is 0.958. The Balaban J connectivity index is 2.46. The van der Waals surface area contributed by atoms with Gasteiger partial charge in [-0.3, -0.25) is 0 Å². The molecule has 0 aliphatic carbocycles. The molecule has 0 bridgehead atoms. The maximum Gasteiger partial charge on any atom is 0.203 e. The van der Waals surface area contributed by atoms with Gasteiger partial charge < -0.3 is 39.1 Å². The number of rotatable bonds is 74. The molecule has 0 fully saturated rings. The first-order valence-corrected chi connectivity index (χ1v) is 42.1. The van der Waals surface area contributed by atoms with Crippen molar-refractivity contribution in [3.63, 3.8) is 0 Å². The van der Waals surface area contributed by atoms with Crippen molar-refractivity contribution in [2.24, 2.45) is 0 Å². The van der Waals surface area contributed by atoms with E-state index < -0.39 is 0 Å². The minimum Gasteiger partial charge on any atom is -0.489 e. The van der Waals surface area contributed by atoms with Gasteiger partial charge >= 0.3 is 0 Å². The smallest absolute Gasteiger partial charge is 0.203 e. The number of thiocarbonyl (C=S) groups is 1. The summed E-state index contributed by atoms with van der Waals surface area (Å²) < 4.78 is 40.8. The summed E-state index contributed by atoms with van der Waals surface area (Å²) in [4.78, 5) is 0. The lowest BCUT2D eigenvalue weighted by atomic mass is 10.1. The molecule has 94 heavy (non-hydrogen) atoms. The Morgan fingerprint density at radius 2 is 0.351 bits per heavy atom. The van der Waals surface area contributed by atoms with E-state index in [1.165, 1.54) is 321 Å². The fourth-order valence-corrected chi connectivity index (χ4v) is 13.2. The number of unbranched alkanes of at least 4 members (excludes halogenated alkanes) is 54. The molecule has 548 valence electrons. The van der Waals surface area contributed by atoms with Gasteiger partial charge in [0.15, 0.2) is 28.1 Å². The number of benzene rings is 2. The lowest BCUT2D eigenvalue weighted by molar-refractivity contribution is 0.234. The first kappa shape index (κ1) is 87.0. The van der Waals surface area contributed by atoms with Gasteiger partial charge in [0, 0.05) is 35.6 Å². The van der Waals surface area contributed by atoms with Gasteiger partial charge in [-0.15, -0.1) is 0 Å². The average molecular weight is 1330 g/mol. The molecule has 0 atom stereocenters. The summed E-state index contributed by atoms with van der Waals surface area (Å²) in [5.41, 5.74) is 1.62. The van der Waals surface area contributed by atoms with Crippen LogP contribution < -0.4 is 39.1 Å². The van der Waals surface area contributed by atoms with Crippen LogP contribution in [0.1, 0.15) is 427 Å². The van der Waals surface area contributed by atoms with Crippen LogP contribution in [0.3, 0.4) is 0 Å². The predicted molar refractivity (Wildman–Crippen MR) is 417 cm³/mol. The zero-order valence-electron chi connectivity index (χ0n) is 63.3. The summed E-state index contributed by atoms with van der Waals surface area (Å²) >= 11 is 6.26. The second-order valence-electron chi connectivity index (χ2n) is 28.4. The maximum absolute atomic E-state index is 6.80. The third-order valence-corrected chi connectivity index (χ3v) is 19.3. The van der Waals surface area contributed by atoms with E-state index in [0.717, 1.165) is 110 Å². The van der Waals surface area contributed by atoms with Crippen LogP contribution in [-0.2, 0) is 0 Å². The highest BCUT2D eigenvalue weighted by molar-refractivity contribution is 7.80. The van der Waals surface area contributed by atoms with Gasteiger partial charge in [0.25, 0.3) is 0 Å². The molecule has 0 saturated heterocycles. The van der Waals surface area contributed by atoms with Gasteiger partial charge in [-0.05, 0) is 50.7 Å². The minimum absolute atomic E-state index is 0.473. The van der Waals surface area contributed by atoms with Crippen molar-refractivity contribution in [1.29, 1.82) is 0 Å². The van der Waals surface area contributed by atoms with Crippen molar-refractivity contribution in [2.45, 2.75) is 427 Å². The largest absolute Gasteiger partial charge is 0.489 e. The predicted octanol–water partition coefficient (Wildman–Crippen LogP) is 29.3. The van der Waals surface area contributed by atoms with Crippen LogP contribution >= 0.6 is 12.2 Å². The molecular formula is C85H156N2O6S. The number of hydrogen-bond donors (Lipinski definition) is 2. The van der Waals surface area contributed by atoms with Crippen LogP contribution in [0.2, 0.25) is 0 Å². The number of ether oxygens (including phenoxy) is 6. The summed E-state index contributed by atoms with van der Waals surface area (Å²) in [7, 11) is 0. The normalized spacial score (nSPS) is 11.4. The fourth-order valence-electron chi connectivity index (χ4n) is 12.9. The van der Waals surface area contributed by atoms with Crippen molar-refractivity contribution < 1.29 is 28.4 Å². The van der Waals surface area contributed by atoms with Crippen molar-refractivity contribution in [3.8, 4) is 34.5 Å². The third kappa shape index (κ3) is 52.1. The highest BCUT2D eigenvalue weighted by Gasteiger charge is 2.20. The van der Waals surface area contributed by atoms with Crippen molar-refractivity contribution in [3.05, 3.63) is 24.3 Å². The summed E-state index contributed by atoms with van der Waals surface area (Å²) in [5.74, 6) is 4.35. The number of anilines is 2. The summed E-state index contributed by atoms with van der Waals surface area (Å²) in [6.45, 7) is 17.6. The lowest BCUT2D eigenvalue weighted by Gasteiger charge is -2.21. The second-order valence-corrected chi connectivity index (χ2v) is 28.8. The molecule has 0 aliphatic rings. The molecule has 8 nitrogen and oxygen atoms in total. The van der Waals surface area contributed by atoms with Crippen molar-refractivity contribution in [2.75, 3.05) is 50.3 Å². The molecule has 0 amide bonds. The summed E-state index contributed by atoms with van der Waals surface area (Å²) in [5, 5.41) is 7.67. The van der Waals surface area contributed by atoms with Crippen LogP contribution in [0.5, 0.6) is 34.5 Å². The molecule has 2 N–H and O–H groups in total. The third-order valence-electron chi connectivity index (χ3n) is 19.1. The van der Waals surface area contributed by atoms with E-state index in [2.05, 4.69) is 76.4 Å². The standard InChI is InChI=1S/C85H156N2O6S/c1-7-13-19-25-31-37-43-49-55-61-67-88-79-73-77(74-80(89-68-62-56-50-44-38-32-26-20-14-8-2)83(79)92-71-65-59-53-47-41-35-29-23-17-11-5)86-85(94)87-78-75-81(90-69-63-57-51-45-39-33-27-21-15-9-3)84(93-72-66-60-54-48-42-36-30-24-18-12-6)82(76-78)91-70-64-58-52-46-40-34-28-22-16-10-4/h73-76H,7-72H2,1-6H3,(H2,86,87,94). The van der Waals surface area contributed by atoms with Crippen molar-refractivity contribution >= 4 is 28.7 Å². The quantitative estimate of drug-likeness (QED) is 0.0497. The Bertz CT molecular complexity index is 1700. The van der Waals surface area contributed by atoms with Gasteiger partial charge in [-0.1, -0.05) is 388 Å². The zero-order valence-corrected chi connectivity index (χ0v) is 64.2. The van der Waals surface area contributed by atoms with E-state index in [4.69, 9.17) is 40.6 Å². The minimum atomic E-state index is 0.473. The molecule has 0 aromatic heterocycles. The summed E-state index contributed by atoms with van der Waals surface area (Å²) in [6.07, 6.45) is 77.0. The van der Waals surface area contributed by atoms with E-state index in [0.29, 0.717) is 44.8 Å². The summed E-state index contributed by atoms with van der Waals surface area (Å²) in [6, 6.07) is 8.33. The monoisotopic (exact) mass is 1330 g/mol. The highest BCUT2D eigenvalue weighted by Crippen LogP contribution is 2.43. The molecule has 9 heteroatoms. The molecule has 2 aromatic rings. The zero-order chi connectivity index (χ0) is 67.4. The molecule has 2 aromatic carbocycles.